The van der Waals surface area contributed by atoms with Crippen molar-refractivity contribution in [3.8, 4) is 28.3 Å². The molecule has 1 aromatic carbocycles. The SMILES string of the molecule is CC(C)OCCn1cc(-c2cnc(N)c(-c3nnnn3-c3cccc(F)c3F)c2)nn1. The smallest absolute Gasteiger partial charge is 0.190 e. The first-order valence-corrected chi connectivity index (χ1v) is 9.45. The summed E-state index contributed by atoms with van der Waals surface area (Å²) in [5.74, 6) is -1.87. The molecule has 160 valence electrons. The first-order valence-electron chi connectivity index (χ1n) is 9.45. The minimum absolute atomic E-state index is 0.106. The van der Waals surface area contributed by atoms with Crippen molar-refractivity contribution >= 4 is 5.82 Å². The van der Waals surface area contributed by atoms with Crippen LogP contribution in [0.25, 0.3) is 28.3 Å². The normalized spacial score (nSPS) is 11.4. The van der Waals surface area contributed by atoms with Gasteiger partial charge < -0.3 is 10.5 Å². The van der Waals surface area contributed by atoms with Gasteiger partial charge in [-0.05, 0) is 42.5 Å². The van der Waals surface area contributed by atoms with Gasteiger partial charge in [0.05, 0.1) is 31.0 Å². The number of nitrogens with zero attached hydrogens (tertiary/aromatic N) is 8. The molecule has 3 aromatic heterocycles. The van der Waals surface area contributed by atoms with E-state index in [1.807, 2.05) is 13.8 Å². The molecule has 0 radical (unpaired) electrons. The van der Waals surface area contributed by atoms with Crippen LogP contribution >= 0.6 is 0 Å². The number of nitrogens with two attached hydrogens (primary N) is 1. The maximum Gasteiger partial charge on any atom is 0.190 e. The molecule has 0 fully saturated rings. The molecule has 0 aliphatic carbocycles. The van der Waals surface area contributed by atoms with Gasteiger partial charge in [-0.15, -0.1) is 10.2 Å². The van der Waals surface area contributed by atoms with E-state index in [4.69, 9.17) is 10.5 Å². The molecule has 0 atom stereocenters. The van der Waals surface area contributed by atoms with E-state index >= 15 is 0 Å². The zero-order valence-electron chi connectivity index (χ0n) is 16.8. The lowest BCUT2D eigenvalue weighted by Crippen LogP contribution is -2.10. The Kier molecular flexibility index (Phi) is 5.62. The van der Waals surface area contributed by atoms with Crippen molar-refractivity contribution < 1.29 is 13.5 Å². The van der Waals surface area contributed by atoms with E-state index in [2.05, 4.69) is 30.8 Å². The third-order valence-electron chi connectivity index (χ3n) is 4.39. The average molecular weight is 427 g/mol. The van der Waals surface area contributed by atoms with Gasteiger partial charge in [0, 0.05) is 11.8 Å². The highest BCUT2D eigenvalue weighted by Gasteiger charge is 2.20. The molecule has 10 nitrogen and oxygen atoms in total. The van der Waals surface area contributed by atoms with Gasteiger partial charge in [0.2, 0.25) is 0 Å². The Bertz CT molecular complexity index is 1200. The highest BCUT2D eigenvalue weighted by atomic mass is 19.2. The van der Waals surface area contributed by atoms with Crippen molar-refractivity contribution in [2.24, 2.45) is 0 Å². The maximum absolute atomic E-state index is 14.3. The number of hydrogen-bond acceptors (Lipinski definition) is 8. The molecule has 0 bridgehead atoms. The van der Waals surface area contributed by atoms with Crippen LogP contribution in [0.1, 0.15) is 13.8 Å². The molecule has 0 saturated carbocycles. The van der Waals surface area contributed by atoms with Gasteiger partial charge in [-0.25, -0.2) is 18.4 Å². The molecule has 0 saturated heterocycles. The Balaban J connectivity index is 1.67. The van der Waals surface area contributed by atoms with E-state index in [-0.39, 0.29) is 23.4 Å². The summed E-state index contributed by atoms with van der Waals surface area (Å²) in [6.45, 7) is 4.95. The molecule has 0 aliphatic rings. The van der Waals surface area contributed by atoms with Crippen LogP contribution < -0.4 is 5.73 Å². The first-order chi connectivity index (χ1) is 14.9. The van der Waals surface area contributed by atoms with E-state index in [0.717, 1.165) is 10.7 Å². The number of rotatable bonds is 7. The monoisotopic (exact) mass is 427 g/mol. The summed E-state index contributed by atoms with van der Waals surface area (Å²) in [6, 6.07) is 5.39. The number of halogens is 2. The van der Waals surface area contributed by atoms with Crippen molar-refractivity contribution in [2.75, 3.05) is 12.3 Å². The standard InChI is InChI=1S/C19H19F2N9O/c1-11(2)31-7-6-29-10-15(24-27-29)12-8-13(18(22)23-9-12)19-25-26-28-30(19)16-5-3-4-14(20)17(16)21/h3-5,8-11H,6-7H2,1-2H3,(H2,22,23). The van der Waals surface area contributed by atoms with Crippen LogP contribution in [0.15, 0.2) is 36.7 Å². The minimum atomic E-state index is -1.08. The molecule has 31 heavy (non-hydrogen) atoms. The van der Waals surface area contributed by atoms with Gasteiger partial charge >= 0.3 is 0 Å². The van der Waals surface area contributed by atoms with Gasteiger partial charge in [0.15, 0.2) is 17.5 Å². The van der Waals surface area contributed by atoms with Crippen LogP contribution in [-0.4, -0.2) is 52.9 Å². The van der Waals surface area contributed by atoms with E-state index in [9.17, 15) is 8.78 Å². The Morgan fingerprint density at radius 1 is 1.16 bits per heavy atom. The molecule has 4 aromatic rings. The largest absolute Gasteiger partial charge is 0.383 e. The number of benzene rings is 1. The number of aromatic nitrogens is 8. The quantitative estimate of drug-likeness (QED) is 0.477. The van der Waals surface area contributed by atoms with Gasteiger partial charge in [-0.3, -0.25) is 0 Å². The lowest BCUT2D eigenvalue weighted by molar-refractivity contribution is 0.0707. The van der Waals surface area contributed by atoms with E-state index in [1.165, 1.54) is 18.3 Å². The van der Waals surface area contributed by atoms with Crippen molar-refractivity contribution in [3.63, 3.8) is 0 Å². The van der Waals surface area contributed by atoms with Gasteiger partial charge in [0.25, 0.3) is 0 Å². The molecule has 0 amide bonds. The molecule has 0 aliphatic heterocycles. The summed E-state index contributed by atoms with van der Waals surface area (Å²) >= 11 is 0. The lowest BCUT2D eigenvalue weighted by atomic mass is 10.1. The lowest BCUT2D eigenvalue weighted by Gasteiger charge is -2.08. The van der Waals surface area contributed by atoms with E-state index in [0.29, 0.717) is 30.0 Å². The molecule has 3 heterocycles. The van der Waals surface area contributed by atoms with Crippen molar-refractivity contribution in [1.82, 2.24) is 40.2 Å². The number of pyridine rings is 1. The van der Waals surface area contributed by atoms with Gasteiger partial charge in [-0.1, -0.05) is 11.3 Å². The predicted octanol–water partition coefficient (Wildman–Crippen LogP) is 2.27. The number of nitrogen functional groups attached to an aromatic ring is 1. The highest BCUT2D eigenvalue weighted by Crippen LogP contribution is 2.29. The molecule has 4 rings (SSSR count). The third-order valence-corrected chi connectivity index (χ3v) is 4.39. The van der Waals surface area contributed by atoms with E-state index < -0.39 is 11.6 Å². The molecule has 12 heteroatoms. The summed E-state index contributed by atoms with van der Waals surface area (Å²) in [7, 11) is 0. The fourth-order valence-corrected chi connectivity index (χ4v) is 2.89. The zero-order valence-corrected chi connectivity index (χ0v) is 16.8. The molecule has 0 unspecified atom stereocenters. The van der Waals surface area contributed by atoms with Crippen molar-refractivity contribution in [1.29, 1.82) is 0 Å². The minimum Gasteiger partial charge on any atom is -0.383 e. The third kappa shape index (κ3) is 4.23. The highest BCUT2D eigenvalue weighted by molar-refractivity contribution is 5.75. The molecule has 0 spiro atoms. The second-order valence-electron chi connectivity index (χ2n) is 6.93. The van der Waals surface area contributed by atoms with E-state index in [1.54, 1.807) is 16.9 Å². The summed E-state index contributed by atoms with van der Waals surface area (Å²) in [5, 5.41) is 19.5. The topological polar surface area (TPSA) is 122 Å². The Morgan fingerprint density at radius 2 is 2.00 bits per heavy atom. The summed E-state index contributed by atoms with van der Waals surface area (Å²) in [6.07, 6.45) is 3.41. The average Bonchev–Trinajstić information content (AvgIpc) is 3.40. The van der Waals surface area contributed by atoms with Gasteiger partial charge in [-0.2, -0.15) is 4.68 Å². The number of hydrogen-bond donors (Lipinski definition) is 1. The van der Waals surface area contributed by atoms with Crippen LogP contribution in [0, 0.1) is 11.6 Å². The summed E-state index contributed by atoms with van der Waals surface area (Å²) < 4.78 is 36.2. The number of ether oxygens (including phenoxy) is 1. The van der Waals surface area contributed by atoms with Gasteiger partial charge in [0.1, 0.15) is 17.2 Å². The molecular weight excluding hydrogens is 408 g/mol. The predicted molar refractivity (Wildman–Crippen MR) is 107 cm³/mol. The number of tetrazole rings is 1. The summed E-state index contributed by atoms with van der Waals surface area (Å²) in [4.78, 5) is 4.18. The van der Waals surface area contributed by atoms with Crippen LogP contribution in [0.3, 0.4) is 0 Å². The second-order valence-corrected chi connectivity index (χ2v) is 6.93. The van der Waals surface area contributed by atoms with Crippen molar-refractivity contribution in [2.45, 2.75) is 26.5 Å². The molecular formula is C19H19F2N9O. The Hall–Kier alpha value is -3.80. The maximum atomic E-state index is 14.3. The Labute approximate surface area is 175 Å². The second kappa shape index (κ2) is 8.52. The molecule has 2 N–H and O–H groups in total. The zero-order chi connectivity index (χ0) is 22.0. The van der Waals surface area contributed by atoms with Crippen LogP contribution in [0.4, 0.5) is 14.6 Å². The fraction of sp³-hybridized carbons (Fsp3) is 0.263. The van der Waals surface area contributed by atoms with Crippen LogP contribution in [-0.2, 0) is 11.3 Å². The van der Waals surface area contributed by atoms with Crippen molar-refractivity contribution in [3.05, 3.63) is 48.3 Å². The number of anilines is 1. The fourth-order valence-electron chi connectivity index (χ4n) is 2.89. The van der Waals surface area contributed by atoms with Crippen LogP contribution in [0.2, 0.25) is 0 Å². The Morgan fingerprint density at radius 3 is 2.81 bits per heavy atom. The van der Waals surface area contributed by atoms with Crippen LogP contribution in [0.5, 0.6) is 0 Å². The first kappa shape index (κ1) is 20.5. The summed E-state index contributed by atoms with van der Waals surface area (Å²) in [5.41, 5.74) is 7.37.